The molecule has 31 heavy (non-hydrogen) atoms. The predicted molar refractivity (Wildman–Crippen MR) is 121 cm³/mol. The maximum absolute atomic E-state index is 12.9. The third kappa shape index (κ3) is 6.35. The van der Waals surface area contributed by atoms with Gasteiger partial charge in [0.1, 0.15) is 11.5 Å². The van der Waals surface area contributed by atoms with Gasteiger partial charge in [-0.25, -0.2) is 0 Å². The van der Waals surface area contributed by atoms with Crippen LogP contribution in [0, 0.1) is 5.92 Å². The van der Waals surface area contributed by atoms with Crippen LogP contribution >= 0.6 is 0 Å². The molecule has 3 rings (SSSR count). The van der Waals surface area contributed by atoms with Gasteiger partial charge in [-0.15, -0.1) is 0 Å². The van der Waals surface area contributed by atoms with Crippen LogP contribution in [0.1, 0.15) is 55.8 Å². The molecule has 0 spiro atoms. The molecular formula is C24H37N3O4. The van der Waals surface area contributed by atoms with E-state index >= 15 is 0 Å². The first kappa shape index (κ1) is 23.4. The highest BCUT2D eigenvalue weighted by Crippen LogP contribution is 2.26. The van der Waals surface area contributed by atoms with Crippen molar-refractivity contribution in [2.75, 3.05) is 46.9 Å². The number of carbonyl (C=O) groups excluding carboxylic acids is 2. The normalized spacial score (nSPS) is 18.6. The summed E-state index contributed by atoms with van der Waals surface area (Å²) in [7, 11) is 3.14. The first-order chi connectivity index (χ1) is 15.0. The molecule has 7 nitrogen and oxygen atoms in total. The molecule has 2 aliphatic heterocycles. The van der Waals surface area contributed by atoms with Crippen LogP contribution in [0.4, 0.5) is 0 Å². The number of nitrogens with zero attached hydrogens (tertiary/aromatic N) is 2. The predicted octanol–water partition coefficient (Wildman–Crippen LogP) is 2.94. The lowest BCUT2D eigenvalue weighted by Gasteiger charge is -2.35. The van der Waals surface area contributed by atoms with Gasteiger partial charge in [-0.2, -0.15) is 0 Å². The standard InChI is InChI=1S/C24H37N3O4/c1-4-5-10-26-11-8-20(9-12-26)25-23(28)18-6-13-27(14-7-18)24(29)19-15-21(30-2)17-22(16-19)31-3/h15-18,20H,4-14H2,1-3H3,(H,25,28). The molecule has 2 fully saturated rings. The smallest absolute Gasteiger partial charge is 0.254 e. The van der Waals surface area contributed by atoms with Crippen LogP contribution in [0.25, 0.3) is 0 Å². The Balaban J connectivity index is 1.46. The third-order valence-corrected chi connectivity index (χ3v) is 6.51. The van der Waals surface area contributed by atoms with Crippen molar-refractivity contribution in [3.63, 3.8) is 0 Å². The Morgan fingerprint density at radius 3 is 2.13 bits per heavy atom. The van der Waals surface area contributed by atoms with Gasteiger partial charge in [0.25, 0.3) is 5.91 Å². The Morgan fingerprint density at radius 2 is 1.58 bits per heavy atom. The van der Waals surface area contributed by atoms with E-state index in [1.165, 1.54) is 19.4 Å². The van der Waals surface area contributed by atoms with Crippen molar-refractivity contribution in [1.29, 1.82) is 0 Å². The molecule has 7 heteroatoms. The van der Waals surface area contributed by atoms with Gasteiger partial charge >= 0.3 is 0 Å². The Hall–Kier alpha value is -2.28. The third-order valence-electron chi connectivity index (χ3n) is 6.51. The van der Waals surface area contributed by atoms with Crippen LogP contribution in [0.5, 0.6) is 11.5 Å². The number of nitrogens with one attached hydrogen (secondary N) is 1. The zero-order valence-electron chi connectivity index (χ0n) is 19.2. The van der Waals surface area contributed by atoms with Crippen LogP contribution in [0.15, 0.2) is 18.2 Å². The fourth-order valence-corrected chi connectivity index (χ4v) is 4.46. The molecule has 0 atom stereocenters. The minimum atomic E-state index is -0.0458. The molecule has 2 amide bonds. The maximum Gasteiger partial charge on any atom is 0.254 e. The number of hydrogen-bond donors (Lipinski definition) is 1. The Bertz CT molecular complexity index is 716. The number of methoxy groups -OCH3 is 2. The number of amides is 2. The molecule has 1 aromatic carbocycles. The van der Waals surface area contributed by atoms with E-state index in [4.69, 9.17) is 9.47 Å². The van der Waals surface area contributed by atoms with Crippen molar-refractivity contribution in [2.45, 2.75) is 51.5 Å². The van der Waals surface area contributed by atoms with E-state index in [1.54, 1.807) is 32.4 Å². The number of carbonyl (C=O) groups is 2. The second-order valence-corrected chi connectivity index (χ2v) is 8.65. The lowest BCUT2D eigenvalue weighted by atomic mass is 9.94. The molecule has 1 aromatic rings. The van der Waals surface area contributed by atoms with Crippen molar-refractivity contribution >= 4 is 11.8 Å². The van der Waals surface area contributed by atoms with E-state index in [9.17, 15) is 9.59 Å². The maximum atomic E-state index is 12.9. The van der Waals surface area contributed by atoms with Crippen molar-refractivity contribution in [3.8, 4) is 11.5 Å². The van der Waals surface area contributed by atoms with E-state index in [0.717, 1.165) is 25.9 Å². The summed E-state index contributed by atoms with van der Waals surface area (Å²) >= 11 is 0. The van der Waals surface area contributed by atoms with Crippen LogP contribution in [0.3, 0.4) is 0 Å². The quantitative estimate of drug-likeness (QED) is 0.685. The van der Waals surface area contributed by atoms with Gasteiger partial charge in [-0.1, -0.05) is 13.3 Å². The number of hydrogen-bond acceptors (Lipinski definition) is 5. The van der Waals surface area contributed by atoms with Gasteiger partial charge in [0.15, 0.2) is 0 Å². The van der Waals surface area contributed by atoms with E-state index in [0.29, 0.717) is 43.0 Å². The van der Waals surface area contributed by atoms with E-state index in [-0.39, 0.29) is 23.8 Å². The van der Waals surface area contributed by atoms with Gasteiger partial charge in [0, 0.05) is 49.8 Å². The van der Waals surface area contributed by atoms with Gasteiger partial charge in [0.05, 0.1) is 14.2 Å². The highest BCUT2D eigenvalue weighted by atomic mass is 16.5. The number of unbranched alkanes of at least 4 members (excludes halogenated alkanes) is 1. The molecule has 1 N–H and O–H groups in total. The molecule has 2 aliphatic rings. The van der Waals surface area contributed by atoms with Crippen molar-refractivity contribution in [1.82, 2.24) is 15.1 Å². The summed E-state index contributed by atoms with van der Waals surface area (Å²) in [5, 5.41) is 3.27. The van der Waals surface area contributed by atoms with Crippen LogP contribution in [-0.4, -0.2) is 74.6 Å². The van der Waals surface area contributed by atoms with E-state index in [2.05, 4.69) is 17.1 Å². The molecule has 2 heterocycles. The number of benzene rings is 1. The molecule has 0 unspecified atom stereocenters. The number of ether oxygens (including phenoxy) is 2. The average molecular weight is 432 g/mol. The Labute approximate surface area is 186 Å². The fourth-order valence-electron chi connectivity index (χ4n) is 4.46. The van der Waals surface area contributed by atoms with Gasteiger partial charge < -0.3 is 24.6 Å². The zero-order chi connectivity index (χ0) is 22.2. The Morgan fingerprint density at radius 1 is 0.968 bits per heavy atom. The van der Waals surface area contributed by atoms with Crippen molar-refractivity contribution < 1.29 is 19.1 Å². The van der Waals surface area contributed by atoms with Crippen LogP contribution < -0.4 is 14.8 Å². The lowest BCUT2D eigenvalue weighted by Crippen LogP contribution is -2.48. The minimum absolute atomic E-state index is 0.0120. The largest absolute Gasteiger partial charge is 0.497 e. The van der Waals surface area contributed by atoms with Gasteiger partial charge in [0.2, 0.25) is 5.91 Å². The van der Waals surface area contributed by atoms with Crippen LogP contribution in [0.2, 0.25) is 0 Å². The van der Waals surface area contributed by atoms with Crippen LogP contribution in [-0.2, 0) is 4.79 Å². The van der Waals surface area contributed by atoms with E-state index in [1.807, 2.05) is 4.90 Å². The molecule has 0 aromatic heterocycles. The Kier molecular flexibility index (Phi) is 8.58. The second-order valence-electron chi connectivity index (χ2n) is 8.65. The highest BCUT2D eigenvalue weighted by molar-refractivity contribution is 5.95. The summed E-state index contributed by atoms with van der Waals surface area (Å²) in [5.74, 6) is 1.29. The summed E-state index contributed by atoms with van der Waals surface area (Å²) in [6.07, 6.45) is 5.94. The first-order valence-corrected chi connectivity index (χ1v) is 11.6. The fraction of sp³-hybridized carbons (Fsp3) is 0.667. The molecule has 0 aliphatic carbocycles. The summed E-state index contributed by atoms with van der Waals surface area (Å²) in [4.78, 5) is 30.0. The van der Waals surface area contributed by atoms with Gasteiger partial charge in [-0.3, -0.25) is 9.59 Å². The van der Waals surface area contributed by atoms with Crippen molar-refractivity contribution in [2.24, 2.45) is 5.92 Å². The number of likely N-dealkylation sites (tertiary alicyclic amines) is 2. The topological polar surface area (TPSA) is 71.1 Å². The lowest BCUT2D eigenvalue weighted by molar-refractivity contribution is -0.127. The molecule has 0 saturated carbocycles. The zero-order valence-corrected chi connectivity index (χ0v) is 19.2. The SMILES string of the molecule is CCCCN1CCC(NC(=O)C2CCN(C(=O)c3cc(OC)cc(OC)c3)CC2)CC1. The first-order valence-electron chi connectivity index (χ1n) is 11.6. The molecule has 2 saturated heterocycles. The highest BCUT2D eigenvalue weighted by Gasteiger charge is 2.30. The molecule has 172 valence electrons. The molecule has 0 bridgehead atoms. The summed E-state index contributed by atoms with van der Waals surface area (Å²) in [5.41, 5.74) is 0.550. The molecular weight excluding hydrogens is 394 g/mol. The second kappa shape index (κ2) is 11.4. The summed E-state index contributed by atoms with van der Waals surface area (Å²) in [6, 6.07) is 5.50. The number of piperidine rings is 2. The van der Waals surface area contributed by atoms with Crippen molar-refractivity contribution in [3.05, 3.63) is 23.8 Å². The molecule has 0 radical (unpaired) electrons. The average Bonchev–Trinajstić information content (AvgIpc) is 2.82. The number of rotatable bonds is 8. The monoisotopic (exact) mass is 431 g/mol. The minimum Gasteiger partial charge on any atom is -0.497 e. The van der Waals surface area contributed by atoms with Gasteiger partial charge in [-0.05, 0) is 50.8 Å². The summed E-state index contributed by atoms with van der Waals surface area (Å²) < 4.78 is 10.5. The van der Waals surface area contributed by atoms with E-state index < -0.39 is 0 Å². The summed E-state index contributed by atoms with van der Waals surface area (Å²) in [6.45, 7) is 6.71.